The van der Waals surface area contributed by atoms with Gasteiger partial charge in [-0.2, -0.15) is 0 Å². The molecule has 5 N–H and O–H groups in total. The topological polar surface area (TPSA) is 183 Å². The van der Waals surface area contributed by atoms with Crippen LogP contribution in [0.4, 0.5) is 0 Å². The number of phenols is 2. The van der Waals surface area contributed by atoms with E-state index in [1.165, 1.54) is 25.3 Å². The number of aliphatic hydroxyl groups is 3. The van der Waals surface area contributed by atoms with E-state index in [-0.39, 0.29) is 40.5 Å². The molecule has 5 rings (SSSR count). The molecule has 6 atom stereocenters. The predicted molar refractivity (Wildman–Crippen MR) is 141 cm³/mol. The van der Waals surface area contributed by atoms with Gasteiger partial charge >= 0.3 is 0 Å². The maximum Gasteiger partial charge on any atom is 0.202 e. The summed E-state index contributed by atoms with van der Waals surface area (Å²) in [5.74, 6) is -3.68. The van der Waals surface area contributed by atoms with Gasteiger partial charge in [0, 0.05) is 42.0 Å². The molecular weight excluding hydrogens is 538 g/mol. The number of phenolic OH excluding ortho intramolecular Hbond substituents is 2. The Kier molecular flexibility index (Phi) is 7.43. The number of methoxy groups -OCH3 is 1. The lowest BCUT2D eigenvalue weighted by Crippen LogP contribution is -2.54. The maximum atomic E-state index is 13.7. The monoisotopic (exact) mass is 571 g/mol. The number of carbonyl (C=O) groups is 3. The van der Waals surface area contributed by atoms with Crippen LogP contribution in [0.3, 0.4) is 0 Å². The number of aliphatic hydroxyl groups excluding tert-OH is 2. The molecule has 1 unspecified atom stereocenters. The average Bonchev–Trinajstić information content (AvgIpc) is 2.94. The van der Waals surface area contributed by atoms with Crippen LogP contribution in [0, 0.1) is 0 Å². The molecule has 0 spiro atoms. The van der Waals surface area contributed by atoms with Crippen LogP contribution in [0.25, 0.3) is 0 Å². The molecule has 2 aromatic rings. The molecule has 0 radical (unpaired) electrons. The highest BCUT2D eigenvalue weighted by atomic mass is 16.7. The Balaban J connectivity index is 1.67. The number of Topliss-reactive ketones (excluding diaryl/α,β-unsaturated/α-hetero) is 1. The summed E-state index contributed by atoms with van der Waals surface area (Å²) in [5.41, 5.74) is -3.51. The molecule has 2 aromatic carbocycles. The molecule has 0 saturated carbocycles. The summed E-state index contributed by atoms with van der Waals surface area (Å²) in [7, 11) is 4.89. The number of fused-ring (bicyclic) bond motifs is 3. The smallest absolute Gasteiger partial charge is 0.202 e. The number of carbonyl (C=O) groups excluding carboxylic acids is 3. The Labute approximate surface area is 235 Å². The Morgan fingerprint density at radius 3 is 2.44 bits per heavy atom. The molecule has 12 heteroatoms. The summed E-state index contributed by atoms with van der Waals surface area (Å²) in [4.78, 5) is 41.8. The van der Waals surface area contributed by atoms with Crippen molar-refractivity contribution in [3.05, 3.63) is 51.6 Å². The van der Waals surface area contributed by atoms with Gasteiger partial charge in [-0.05, 0) is 27.1 Å². The number of benzene rings is 2. The van der Waals surface area contributed by atoms with Gasteiger partial charge in [0.1, 0.15) is 29.5 Å². The van der Waals surface area contributed by atoms with Gasteiger partial charge in [-0.1, -0.05) is 12.1 Å². The lowest BCUT2D eigenvalue weighted by Gasteiger charge is -2.44. The maximum absolute atomic E-state index is 13.7. The zero-order valence-corrected chi connectivity index (χ0v) is 23.1. The first-order valence-corrected chi connectivity index (χ1v) is 13.2. The van der Waals surface area contributed by atoms with Gasteiger partial charge in [-0.25, -0.2) is 0 Å². The zero-order chi connectivity index (χ0) is 30.0. The van der Waals surface area contributed by atoms with Crippen molar-refractivity contribution in [3.63, 3.8) is 0 Å². The average molecular weight is 572 g/mol. The van der Waals surface area contributed by atoms with E-state index >= 15 is 0 Å². The van der Waals surface area contributed by atoms with E-state index in [1.807, 2.05) is 0 Å². The van der Waals surface area contributed by atoms with Crippen LogP contribution >= 0.6 is 0 Å². The van der Waals surface area contributed by atoms with Crippen LogP contribution in [0.1, 0.15) is 68.8 Å². The van der Waals surface area contributed by atoms with Gasteiger partial charge in [0.25, 0.3) is 0 Å². The second-order valence-electron chi connectivity index (χ2n) is 11.0. The Morgan fingerprint density at radius 2 is 1.80 bits per heavy atom. The molecule has 2 aliphatic carbocycles. The molecule has 0 bridgehead atoms. The highest BCUT2D eigenvalue weighted by molar-refractivity contribution is 6.31. The molecule has 1 fully saturated rings. The molecular formula is C29H33NO11. The van der Waals surface area contributed by atoms with E-state index in [0.717, 1.165) is 0 Å². The molecule has 1 aliphatic heterocycles. The van der Waals surface area contributed by atoms with Crippen molar-refractivity contribution in [2.45, 2.75) is 62.4 Å². The molecule has 1 heterocycles. The van der Waals surface area contributed by atoms with Crippen molar-refractivity contribution in [3.8, 4) is 17.2 Å². The number of aromatic hydroxyl groups is 2. The summed E-state index contributed by atoms with van der Waals surface area (Å²) < 4.78 is 17.3. The van der Waals surface area contributed by atoms with Crippen LogP contribution in [-0.4, -0.2) is 106 Å². The standard InChI is InChI=1S/C29H33NO11/c1-12-24(33)15(30(2)3)8-19(40-12)41-17-10-29(38,18(32)11-31)9-14-21(17)28(37)23-22(26(14)35)25(34)13-6-5-7-16(39-4)20(13)27(23)36/h5-7,12,15,17,19,24,31,33,35,37-38H,8-11H2,1-4H3/t12-,15+,17-,19?,24-,29-/m0/s1. The van der Waals surface area contributed by atoms with Gasteiger partial charge in [0.05, 0.1) is 42.1 Å². The van der Waals surface area contributed by atoms with Crippen LogP contribution in [-0.2, 0) is 20.7 Å². The van der Waals surface area contributed by atoms with Crippen molar-refractivity contribution < 1.29 is 54.1 Å². The van der Waals surface area contributed by atoms with Gasteiger partial charge in [0.2, 0.25) is 5.78 Å². The van der Waals surface area contributed by atoms with Gasteiger partial charge in [-0.3, -0.25) is 14.4 Å². The fourth-order valence-electron chi connectivity index (χ4n) is 6.21. The zero-order valence-electron chi connectivity index (χ0n) is 23.1. The minimum atomic E-state index is -2.23. The number of nitrogens with zero attached hydrogens (tertiary/aromatic N) is 1. The van der Waals surface area contributed by atoms with E-state index in [4.69, 9.17) is 14.2 Å². The molecule has 12 nitrogen and oxygen atoms in total. The van der Waals surface area contributed by atoms with Gasteiger partial charge < -0.3 is 44.6 Å². The van der Waals surface area contributed by atoms with E-state index < -0.39 is 89.6 Å². The van der Waals surface area contributed by atoms with Crippen LogP contribution < -0.4 is 4.74 Å². The summed E-state index contributed by atoms with van der Waals surface area (Å²) in [6.45, 7) is 0.651. The van der Waals surface area contributed by atoms with E-state index in [9.17, 15) is 39.9 Å². The lowest BCUT2D eigenvalue weighted by atomic mass is 9.72. The normalized spacial score (nSPS) is 29.1. The molecule has 220 valence electrons. The highest BCUT2D eigenvalue weighted by Crippen LogP contribution is 2.52. The molecule has 1 saturated heterocycles. The molecule has 41 heavy (non-hydrogen) atoms. The number of ether oxygens (including phenoxy) is 3. The minimum Gasteiger partial charge on any atom is -0.507 e. The van der Waals surface area contributed by atoms with Crippen molar-refractivity contribution in [1.82, 2.24) is 4.90 Å². The van der Waals surface area contributed by atoms with Crippen molar-refractivity contribution in [1.29, 1.82) is 0 Å². The molecule has 0 aromatic heterocycles. The summed E-state index contributed by atoms with van der Waals surface area (Å²) in [6.07, 6.45) is -4.61. The fraction of sp³-hybridized carbons (Fsp3) is 0.483. The first kappa shape index (κ1) is 29.1. The van der Waals surface area contributed by atoms with E-state index in [1.54, 1.807) is 25.9 Å². The SMILES string of the molecule is COc1cccc2c1C(=O)c1c(O)c3c(c(O)c1C2=O)C[C@@](O)(C(=O)CO)C[C@@H]3OC1C[C@@H](N(C)C)[C@@H](O)[C@H](C)O1. The second kappa shape index (κ2) is 10.5. The largest absolute Gasteiger partial charge is 0.507 e. The number of rotatable bonds is 6. The predicted octanol–water partition coefficient (Wildman–Crippen LogP) is 0.604. The third-order valence-corrected chi connectivity index (χ3v) is 8.39. The first-order chi connectivity index (χ1) is 19.3. The van der Waals surface area contributed by atoms with Crippen LogP contribution in [0.5, 0.6) is 17.2 Å². The van der Waals surface area contributed by atoms with Gasteiger partial charge in [-0.15, -0.1) is 0 Å². The Bertz CT molecular complexity index is 1440. The molecule has 0 amide bonds. The summed E-state index contributed by atoms with van der Waals surface area (Å²) >= 11 is 0. The summed E-state index contributed by atoms with van der Waals surface area (Å²) in [5, 5.41) is 54.5. The van der Waals surface area contributed by atoms with Crippen molar-refractivity contribution in [2.24, 2.45) is 0 Å². The minimum absolute atomic E-state index is 0.0420. The molecule has 3 aliphatic rings. The Hall–Kier alpha value is -3.39. The second-order valence-corrected chi connectivity index (χ2v) is 11.0. The van der Waals surface area contributed by atoms with Crippen LogP contribution in [0.15, 0.2) is 18.2 Å². The third-order valence-electron chi connectivity index (χ3n) is 8.39. The van der Waals surface area contributed by atoms with E-state index in [0.29, 0.717) is 0 Å². The lowest BCUT2D eigenvalue weighted by molar-refractivity contribution is -0.256. The number of likely N-dealkylation sites (N-methyl/N-ethyl adjacent to an activating group) is 1. The van der Waals surface area contributed by atoms with Crippen LogP contribution in [0.2, 0.25) is 0 Å². The van der Waals surface area contributed by atoms with Crippen molar-refractivity contribution >= 4 is 17.3 Å². The first-order valence-electron chi connectivity index (χ1n) is 13.2. The number of hydrogen-bond acceptors (Lipinski definition) is 12. The summed E-state index contributed by atoms with van der Waals surface area (Å²) in [6, 6.07) is 4.02. The number of ketones is 3. The quantitative estimate of drug-likeness (QED) is 0.260. The van der Waals surface area contributed by atoms with Crippen molar-refractivity contribution in [2.75, 3.05) is 27.8 Å². The third kappa shape index (κ3) is 4.51. The number of hydrogen-bond donors (Lipinski definition) is 5. The van der Waals surface area contributed by atoms with E-state index in [2.05, 4.69) is 0 Å². The fourth-order valence-corrected chi connectivity index (χ4v) is 6.21. The van der Waals surface area contributed by atoms with Gasteiger partial charge in [0.15, 0.2) is 17.9 Å². The Morgan fingerprint density at radius 1 is 1.12 bits per heavy atom. The highest BCUT2D eigenvalue weighted by Gasteiger charge is 2.50.